The van der Waals surface area contributed by atoms with Crippen molar-refractivity contribution in [1.82, 2.24) is 10.9 Å². The van der Waals surface area contributed by atoms with Gasteiger partial charge < -0.3 is 5.43 Å². The smallest absolute Gasteiger partial charge is 0.110 e. The van der Waals surface area contributed by atoms with Crippen LogP contribution in [0, 0.1) is 0 Å². The van der Waals surface area contributed by atoms with Crippen LogP contribution in [0.25, 0.3) is 0 Å². The van der Waals surface area contributed by atoms with Crippen LogP contribution in [0.4, 0.5) is 0 Å². The molecule has 1 heterocycles. The molecule has 0 unspecified atom stereocenters. The fourth-order valence-corrected chi connectivity index (χ4v) is 0.829. The lowest BCUT2D eigenvalue weighted by molar-refractivity contribution is 0.613. The SMILES string of the molecule is CCCC1=NCCNN1. The zero-order valence-electron chi connectivity index (χ0n) is 5.78. The normalized spacial score (nSPS) is 18.6. The third-order valence-corrected chi connectivity index (χ3v) is 1.26. The van der Waals surface area contributed by atoms with Gasteiger partial charge >= 0.3 is 0 Å². The van der Waals surface area contributed by atoms with Crippen LogP contribution < -0.4 is 10.9 Å². The molecule has 0 fully saturated rings. The number of hydrazine groups is 1. The number of rotatable bonds is 2. The van der Waals surface area contributed by atoms with Crippen molar-refractivity contribution in [2.45, 2.75) is 19.8 Å². The van der Waals surface area contributed by atoms with Gasteiger partial charge in [-0.25, -0.2) is 5.43 Å². The second-order valence-electron chi connectivity index (χ2n) is 2.13. The van der Waals surface area contributed by atoms with E-state index in [0.717, 1.165) is 31.8 Å². The maximum absolute atomic E-state index is 4.26. The first kappa shape index (κ1) is 6.55. The Morgan fingerprint density at radius 2 is 2.56 bits per heavy atom. The van der Waals surface area contributed by atoms with E-state index in [1.165, 1.54) is 0 Å². The van der Waals surface area contributed by atoms with Crippen molar-refractivity contribution in [2.75, 3.05) is 13.1 Å². The fourth-order valence-electron chi connectivity index (χ4n) is 0.829. The third kappa shape index (κ3) is 2.01. The number of hydrogen-bond donors (Lipinski definition) is 2. The van der Waals surface area contributed by atoms with E-state index in [4.69, 9.17) is 0 Å². The minimum atomic E-state index is 0.919. The highest BCUT2D eigenvalue weighted by Gasteiger charge is 1.99. The van der Waals surface area contributed by atoms with Crippen molar-refractivity contribution in [1.29, 1.82) is 0 Å². The van der Waals surface area contributed by atoms with Crippen molar-refractivity contribution < 1.29 is 0 Å². The molecule has 1 aliphatic rings. The van der Waals surface area contributed by atoms with Gasteiger partial charge in [-0.2, -0.15) is 0 Å². The lowest BCUT2D eigenvalue weighted by atomic mass is 10.3. The Labute approximate surface area is 55.5 Å². The van der Waals surface area contributed by atoms with Gasteiger partial charge in [-0.1, -0.05) is 6.92 Å². The molecule has 0 aromatic carbocycles. The summed E-state index contributed by atoms with van der Waals surface area (Å²) in [6.45, 7) is 4.02. The standard InChI is InChI=1S/C6H13N3/c1-2-3-6-7-4-5-8-9-6/h8H,2-5H2,1H3,(H,7,9). The van der Waals surface area contributed by atoms with Crippen LogP contribution in [0.5, 0.6) is 0 Å². The predicted molar refractivity (Wildman–Crippen MR) is 38.3 cm³/mol. The largest absolute Gasteiger partial charge is 0.310 e. The molecule has 1 rings (SSSR count). The lowest BCUT2D eigenvalue weighted by Crippen LogP contribution is -2.42. The highest BCUT2D eigenvalue weighted by molar-refractivity contribution is 5.82. The Morgan fingerprint density at radius 3 is 3.11 bits per heavy atom. The van der Waals surface area contributed by atoms with Crippen LogP contribution in [0.3, 0.4) is 0 Å². The van der Waals surface area contributed by atoms with Crippen molar-refractivity contribution in [3.63, 3.8) is 0 Å². The van der Waals surface area contributed by atoms with Crippen LogP contribution in [0.1, 0.15) is 19.8 Å². The maximum atomic E-state index is 4.26. The fraction of sp³-hybridized carbons (Fsp3) is 0.833. The Hall–Kier alpha value is -0.570. The van der Waals surface area contributed by atoms with Crippen molar-refractivity contribution in [3.05, 3.63) is 0 Å². The molecule has 0 amide bonds. The minimum absolute atomic E-state index is 0.919. The van der Waals surface area contributed by atoms with Crippen LogP contribution in [0.15, 0.2) is 4.99 Å². The van der Waals surface area contributed by atoms with E-state index < -0.39 is 0 Å². The lowest BCUT2D eigenvalue weighted by Gasteiger charge is -2.14. The second-order valence-corrected chi connectivity index (χ2v) is 2.13. The average molecular weight is 127 g/mol. The number of nitrogens with one attached hydrogen (secondary N) is 2. The monoisotopic (exact) mass is 127 g/mol. The van der Waals surface area contributed by atoms with E-state index in [1.54, 1.807) is 0 Å². The van der Waals surface area contributed by atoms with Crippen molar-refractivity contribution in [3.8, 4) is 0 Å². The van der Waals surface area contributed by atoms with E-state index in [0.29, 0.717) is 0 Å². The first-order valence-corrected chi connectivity index (χ1v) is 3.45. The molecule has 0 atom stereocenters. The molecule has 9 heavy (non-hydrogen) atoms. The number of aliphatic imine (C=N–C) groups is 1. The van der Waals surface area contributed by atoms with E-state index in [1.807, 2.05) is 0 Å². The highest BCUT2D eigenvalue weighted by atomic mass is 15.4. The molecule has 3 nitrogen and oxygen atoms in total. The second kappa shape index (κ2) is 3.45. The Bertz CT molecular complexity index is 109. The number of amidine groups is 1. The van der Waals surface area contributed by atoms with E-state index in [-0.39, 0.29) is 0 Å². The van der Waals surface area contributed by atoms with E-state index in [9.17, 15) is 0 Å². The van der Waals surface area contributed by atoms with Gasteiger partial charge in [0.2, 0.25) is 0 Å². The Balaban J connectivity index is 2.28. The van der Waals surface area contributed by atoms with Gasteiger partial charge in [0.15, 0.2) is 0 Å². The first-order valence-electron chi connectivity index (χ1n) is 3.45. The van der Waals surface area contributed by atoms with Gasteiger partial charge in [-0.3, -0.25) is 4.99 Å². The van der Waals surface area contributed by atoms with Gasteiger partial charge in [0.05, 0.1) is 6.54 Å². The van der Waals surface area contributed by atoms with Gasteiger partial charge in [0.1, 0.15) is 5.84 Å². The summed E-state index contributed by atoms with van der Waals surface area (Å²) in [6, 6.07) is 0. The summed E-state index contributed by atoms with van der Waals surface area (Å²) in [5.74, 6) is 1.10. The van der Waals surface area contributed by atoms with Gasteiger partial charge in [-0.05, 0) is 6.42 Å². The van der Waals surface area contributed by atoms with Crippen LogP contribution >= 0.6 is 0 Å². The van der Waals surface area contributed by atoms with Crippen molar-refractivity contribution in [2.24, 2.45) is 4.99 Å². The molecule has 0 saturated heterocycles. The minimum Gasteiger partial charge on any atom is -0.310 e. The molecule has 0 aromatic heterocycles. The zero-order chi connectivity index (χ0) is 6.53. The zero-order valence-corrected chi connectivity index (χ0v) is 5.78. The molecular formula is C6H13N3. The molecule has 0 saturated carbocycles. The highest BCUT2D eigenvalue weighted by Crippen LogP contribution is 1.90. The summed E-state index contributed by atoms with van der Waals surface area (Å²) in [5.41, 5.74) is 6.06. The molecule has 0 aromatic rings. The molecule has 0 bridgehead atoms. The van der Waals surface area contributed by atoms with Gasteiger partial charge in [0.25, 0.3) is 0 Å². The predicted octanol–water partition coefficient (Wildman–Crippen LogP) is 0.293. The van der Waals surface area contributed by atoms with Crippen LogP contribution in [-0.2, 0) is 0 Å². The summed E-state index contributed by atoms with van der Waals surface area (Å²) < 4.78 is 0. The quantitative estimate of drug-likeness (QED) is 0.559. The number of nitrogens with zero attached hydrogens (tertiary/aromatic N) is 1. The topological polar surface area (TPSA) is 36.4 Å². The van der Waals surface area contributed by atoms with Crippen LogP contribution in [-0.4, -0.2) is 18.9 Å². The molecule has 1 aliphatic heterocycles. The summed E-state index contributed by atoms with van der Waals surface area (Å²) in [5, 5.41) is 0. The summed E-state index contributed by atoms with van der Waals surface area (Å²) in [4.78, 5) is 4.26. The van der Waals surface area contributed by atoms with Gasteiger partial charge in [0, 0.05) is 13.0 Å². The molecular weight excluding hydrogens is 114 g/mol. The summed E-state index contributed by atoms with van der Waals surface area (Å²) in [7, 11) is 0. The Kier molecular flexibility index (Phi) is 2.51. The average Bonchev–Trinajstić information content (AvgIpc) is 1.91. The Morgan fingerprint density at radius 1 is 1.67 bits per heavy atom. The van der Waals surface area contributed by atoms with Gasteiger partial charge in [-0.15, -0.1) is 0 Å². The maximum Gasteiger partial charge on any atom is 0.110 e. The third-order valence-electron chi connectivity index (χ3n) is 1.26. The van der Waals surface area contributed by atoms with Crippen molar-refractivity contribution >= 4 is 5.84 Å². The van der Waals surface area contributed by atoms with E-state index in [2.05, 4.69) is 22.8 Å². The van der Waals surface area contributed by atoms with E-state index >= 15 is 0 Å². The molecule has 52 valence electrons. The molecule has 3 heteroatoms. The first-order chi connectivity index (χ1) is 4.43. The summed E-state index contributed by atoms with van der Waals surface area (Å²) in [6.07, 6.45) is 2.22. The number of hydrogen-bond acceptors (Lipinski definition) is 3. The summed E-state index contributed by atoms with van der Waals surface area (Å²) >= 11 is 0. The molecule has 0 spiro atoms. The van der Waals surface area contributed by atoms with Crippen LogP contribution in [0.2, 0.25) is 0 Å². The molecule has 2 N–H and O–H groups in total. The molecule has 0 aliphatic carbocycles. The molecule has 0 radical (unpaired) electrons.